The number of ether oxygens (including phenoxy) is 1. The maximum Gasteiger partial charge on any atom is 0.306 e. The molecule has 0 atom stereocenters. The van der Waals surface area contributed by atoms with Crippen molar-refractivity contribution in [1.29, 1.82) is 0 Å². The Labute approximate surface area is 126 Å². The molecule has 21 heavy (non-hydrogen) atoms. The molecule has 0 unspecified atom stereocenters. The van der Waals surface area contributed by atoms with Crippen LogP contribution in [0, 0.1) is 17.8 Å². The lowest BCUT2D eigenvalue weighted by atomic mass is 9.79. The molecule has 0 bridgehead atoms. The highest BCUT2D eigenvalue weighted by Gasteiger charge is 2.31. The molecule has 0 aliphatic heterocycles. The fourth-order valence-electron chi connectivity index (χ4n) is 3.42. The van der Waals surface area contributed by atoms with Gasteiger partial charge in [0.05, 0.1) is 12.0 Å². The summed E-state index contributed by atoms with van der Waals surface area (Å²) in [4.78, 5) is 22.8. The zero-order valence-electron chi connectivity index (χ0n) is 12.8. The largest absolute Gasteiger partial charge is 0.481 e. The third-order valence-corrected chi connectivity index (χ3v) is 4.85. The Morgan fingerprint density at radius 3 is 2.38 bits per heavy atom. The van der Waals surface area contributed by atoms with Crippen LogP contribution in [-0.2, 0) is 14.3 Å². The molecular formula is C16H27NO4. The molecule has 0 spiro atoms. The number of amides is 1. The van der Waals surface area contributed by atoms with Crippen molar-refractivity contribution in [3.63, 3.8) is 0 Å². The van der Waals surface area contributed by atoms with Crippen LogP contribution in [0.3, 0.4) is 0 Å². The van der Waals surface area contributed by atoms with Gasteiger partial charge in [0.15, 0.2) is 0 Å². The van der Waals surface area contributed by atoms with Crippen LogP contribution in [0.15, 0.2) is 0 Å². The minimum Gasteiger partial charge on any atom is -0.481 e. The van der Waals surface area contributed by atoms with Crippen molar-refractivity contribution in [2.24, 2.45) is 17.8 Å². The summed E-state index contributed by atoms with van der Waals surface area (Å²) in [6.45, 7) is 3.45. The topological polar surface area (TPSA) is 75.6 Å². The first-order chi connectivity index (χ1) is 10.1. The number of hydrogen-bond acceptors (Lipinski definition) is 3. The zero-order valence-corrected chi connectivity index (χ0v) is 12.8. The Bertz CT molecular complexity index is 357. The van der Waals surface area contributed by atoms with Crippen LogP contribution in [0.2, 0.25) is 0 Å². The summed E-state index contributed by atoms with van der Waals surface area (Å²) in [5.74, 6) is 0.204. The van der Waals surface area contributed by atoms with Gasteiger partial charge >= 0.3 is 5.97 Å². The minimum absolute atomic E-state index is 0.135. The van der Waals surface area contributed by atoms with Gasteiger partial charge in [0.1, 0.15) is 0 Å². The average Bonchev–Trinajstić information content (AvgIpc) is 2.43. The Balaban J connectivity index is 1.55. The third kappa shape index (κ3) is 4.99. The smallest absolute Gasteiger partial charge is 0.306 e. The number of nitrogens with one attached hydrogen (secondary N) is 1. The van der Waals surface area contributed by atoms with Crippen LogP contribution in [-0.4, -0.2) is 36.2 Å². The predicted molar refractivity (Wildman–Crippen MR) is 78.8 cm³/mol. The highest BCUT2D eigenvalue weighted by Crippen LogP contribution is 2.32. The summed E-state index contributed by atoms with van der Waals surface area (Å²) < 4.78 is 5.49. The van der Waals surface area contributed by atoms with Crippen LogP contribution in [0.4, 0.5) is 0 Å². The van der Waals surface area contributed by atoms with Gasteiger partial charge in [-0.1, -0.05) is 0 Å². The van der Waals surface area contributed by atoms with Crippen LogP contribution in [0.1, 0.15) is 51.9 Å². The van der Waals surface area contributed by atoms with E-state index in [0.717, 1.165) is 45.1 Å². The summed E-state index contributed by atoms with van der Waals surface area (Å²) in [5, 5.41) is 12.0. The van der Waals surface area contributed by atoms with E-state index >= 15 is 0 Å². The average molecular weight is 297 g/mol. The molecular weight excluding hydrogens is 270 g/mol. The number of carbonyl (C=O) groups excluding carboxylic acids is 1. The quantitative estimate of drug-likeness (QED) is 0.755. The molecule has 0 aromatic rings. The fourth-order valence-corrected chi connectivity index (χ4v) is 3.42. The summed E-state index contributed by atoms with van der Waals surface area (Å²) in [6, 6.07) is 0. The van der Waals surface area contributed by atoms with Crippen LogP contribution in [0.25, 0.3) is 0 Å². The van der Waals surface area contributed by atoms with Crippen LogP contribution in [0.5, 0.6) is 0 Å². The number of aliphatic carboxylic acids is 1. The molecule has 0 heterocycles. The molecule has 0 aromatic carbocycles. The van der Waals surface area contributed by atoms with Crippen molar-refractivity contribution in [2.75, 3.05) is 13.2 Å². The lowest BCUT2D eigenvalue weighted by molar-refractivity contribution is -0.143. The third-order valence-electron chi connectivity index (χ3n) is 4.85. The van der Waals surface area contributed by atoms with Gasteiger partial charge in [-0.2, -0.15) is 0 Å². The van der Waals surface area contributed by atoms with Gasteiger partial charge in [-0.25, -0.2) is 0 Å². The molecule has 2 aliphatic carbocycles. The molecule has 2 N–H and O–H groups in total. The highest BCUT2D eigenvalue weighted by molar-refractivity contribution is 5.76. The molecule has 0 saturated heterocycles. The Hall–Kier alpha value is -1.10. The first-order valence-electron chi connectivity index (χ1n) is 8.19. The van der Waals surface area contributed by atoms with Crippen molar-refractivity contribution in [2.45, 2.75) is 58.0 Å². The van der Waals surface area contributed by atoms with Gasteiger partial charge in [-0.3, -0.25) is 9.59 Å². The molecule has 5 heteroatoms. The number of carboxylic acids is 1. The number of carbonyl (C=O) groups is 2. The number of rotatable bonds is 7. The molecule has 2 fully saturated rings. The van der Waals surface area contributed by atoms with E-state index in [1.165, 1.54) is 0 Å². The van der Waals surface area contributed by atoms with E-state index in [4.69, 9.17) is 9.84 Å². The summed E-state index contributed by atoms with van der Waals surface area (Å²) >= 11 is 0. The molecule has 2 aliphatic rings. The van der Waals surface area contributed by atoms with Gasteiger partial charge in [0.2, 0.25) is 5.91 Å². The Morgan fingerprint density at radius 2 is 1.81 bits per heavy atom. The second-order valence-electron chi connectivity index (χ2n) is 6.48. The summed E-state index contributed by atoms with van der Waals surface area (Å²) in [5.41, 5.74) is 0. The molecule has 120 valence electrons. The first kappa shape index (κ1) is 16.3. The highest BCUT2D eigenvalue weighted by atomic mass is 16.5. The standard InChI is InChI=1S/C16H27NO4/c1-2-21-14-7-12(8-14)9-15(18)17-10-11-3-5-13(6-4-11)16(19)20/h11-14H,2-10H2,1H3,(H,17,18)(H,19,20). The van der Waals surface area contributed by atoms with Crippen molar-refractivity contribution >= 4 is 11.9 Å². The van der Waals surface area contributed by atoms with Crippen molar-refractivity contribution < 1.29 is 19.4 Å². The number of hydrogen-bond donors (Lipinski definition) is 2. The van der Waals surface area contributed by atoms with Crippen molar-refractivity contribution in [3.8, 4) is 0 Å². The van der Waals surface area contributed by atoms with E-state index in [2.05, 4.69) is 5.32 Å². The first-order valence-corrected chi connectivity index (χ1v) is 8.19. The second kappa shape index (κ2) is 7.78. The van der Waals surface area contributed by atoms with E-state index in [0.29, 0.717) is 30.9 Å². The minimum atomic E-state index is -0.675. The van der Waals surface area contributed by atoms with E-state index < -0.39 is 5.97 Å². The normalized spacial score (nSPS) is 32.2. The van der Waals surface area contributed by atoms with Crippen LogP contribution < -0.4 is 5.32 Å². The molecule has 2 rings (SSSR count). The predicted octanol–water partition coefficient (Wildman–Crippen LogP) is 2.20. The fraction of sp³-hybridized carbons (Fsp3) is 0.875. The van der Waals surface area contributed by atoms with Gasteiger partial charge in [-0.05, 0) is 57.3 Å². The Morgan fingerprint density at radius 1 is 1.14 bits per heavy atom. The zero-order chi connectivity index (χ0) is 15.2. The maximum absolute atomic E-state index is 11.9. The SMILES string of the molecule is CCOC1CC(CC(=O)NCC2CCC(C(=O)O)CC2)C1. The molecule has 0 radical (unpaired) electrons. The van der Waals surface area contributed by atoms with Crippen LogP contribution >= 0.6 is 0 Å². The number of carboxylic acid groups (broad SMARTS) is 1. The van der Waals surface area contributed by atoms with E-state index in [1.807, 2.05) is 6.92 Å². The van der Waals surface area contributed by atoms with E-state index in [9.17, 15) is 9.59 Å². The maximum atomic E-state index is 11.9. The monoisotopic (exact) mass is 297 g/mol. The second-order valence-corrected chi connectivity index (χ2v) is 6.48. The Kier molecular flexibility index (Phi) is 6.03. The molecule has 2 saturated carbocycles. The van der Waals surface area contributed by atoms with Gasteiger partial charge in [0.25, 0.3) is 0 Å². The summed E-state index contributed by atoms with van der Waals surface area (Å²) in [6.07, 6.45) is 6.28. The van der Waals surface area contributed by atoms with Crippen molar-refractivity contribution in [3.05, 3.63) is 0 Å². The van der Waals surface area contributed by atoms with E-state index in [1.54, 1.807) is 0 Å². The van der Waals surface area contributed by atoms with Gasteiger partial charge in [-0.15, -0.1) is 0 Å². The van der Waals surface area contributed by atoms with Gasteiger partial charge in [0, 0.05) is 19.6 Å². The lowest BCUT2D eigenvalue weighted by Gasteiger charge is -2.34. The molecule has 0 aromatic heterocycles. The van der Waals surface area contributed by atoms with E-state index in [-0.39, 0.29) is 11.8 Å². The molecule has 1 amide bonds. The van der Waals surface area contributed by atoms with Gasteiger partial charge < -0.3 is 15.2 Å². The molecule has 5 nitrogen and oxygen atoms in total. The van der Waals surface area contributed by atoms with Crippen molar-refractivity contribution in [1.82, 2.24) is 5.32 Å². The summed E-state index contributed by atoms with van der Waals surface area (Å²) in [7, 11) is 0. The lowest BCUT2D eigenvalue weighted by Crippen LogP contribution is -2.37.